The first-order chi connectivity index (χ1) is 11.1. The molecule has 0 N–H and O–H groups in total. The standard InChI is InChI=1S/C16H20N6O/c1-12-6-10-21(16(23)3-7-17)11-13(12)20(2)15-5-8-18-14-4-9-19-22(14)15/h4-5,8-9,12-13H,3,6,10-11H2,1-2H3/t12-,13+/m1/s1. The Bertz CT molecular complexity index is 748. The van der Waals surface area contributed by atoms with Crippen LogP contribution in [0.3, 0.4) is 0 Å². The molecule has 1 aliphatic rings. The maximum atomic E-state index is 12.0. The molecule has 1 saturated heterocycles. The molecule has 0 spiro atoms. The van der Waals surface area contributed by atoms with Gasteiger partial charge in [0.2, 0.25) is 5.91 Å². The van der Waals surface area contributed by atoms with Gasteiger partial charge in [-0.3, -0.25) is 4.79 Å². The lowest BCUT2D eigenvalue weighted by Gasteiger charge is -2.42. The predicted molar refractivity (Wildman–Crippen MR) is 85.8 cm³/mol. The number of hydrogen-bond acceptors (Lipinski definition) is 5. The summed E-state index contributed by atoms with van der Waals surface area (Å²) in [5.41, 5.74) is 0.801. The molecule has 3 heterocycles. The molecule has 7 heteroatoms. The van der Waals surface area contributed by atoms with Crippen molar-refractivity contribution in [3.8, 4) is 6.07 Å². The summed E-state index contributed by atoms with van der Waals surface area (Å²) < 4.78 is 1.81. The highest BCUT2D eigenvalue weighted by Gasteiger charge is 2.32. The summed E-state index contributed by atoms with van der Waals surface area (Å²) in [5.74, 6) is 1.31. The Morgan fingerprint density at radius 1 is 1.48 bits per heavy atom. The third kappa shape index (κ3) is 2.84. The van der Waals surface area contributed by atoms with Crippen molar-refractivity contribution in [2.45, 2.75) is 25.8 Å². The number of rotatable bonds is 3. The van der Waals surface area contributed by atoms with Crippen LogP contribution in [0.15, 0.2) is 24.5 Å². The zero-order chi connectivity index (χ0) is 16.4. The second kappa shape index (κ2) is 6.24. The van der Waals surface area contributed by atoms with E-state index in [0.29, 0.717) is 12.5 Å². The van der Waals surface area contributed by atoms with Crippen LogP contribution in [0.5, 0.6) is 0 Å². The van der Waals surface area contributed by atoms with Crippen molar-refractivity contribution in [1.29, 1.82) is 5.26 Å². The zero-order valence-electron chi connectivity index (χ0n) is 13.4. The highest BCUT2D eigenvalue weighted by Crippen LogP contribution is 2.26. The quantitative estimate of drug-likeness (QED) is 0.854. The molecule has 0 aromatic carbocycles. The van der Waals surface area contributed by atoms with Crippen molar-refractivity contribution in [3.63, 3.8) is 0 Å². The van der Waals surface area contributed by atoms with E-state index in [1.807, 2.05) is 29.8 Å². The Morgan fingerprint density at radius 2 is 2.30 bits per heavy atom. The number of nitriles is 1. The molecular formula is C16H20N6O. The Kier molecular flexibility index (Phi) is 4.15. The lowest BCUT2D eigenvalue weighted by Crippen LogP contribution is -2.53. The highest BCUT2D eigenvalue weighted by molar-refractivity contribution is 5.78. The summed E-state index contributed by atoms with van der Waals surface area (Å²) in [6.45, 7) is 3.55. The van der Waals surface area contributed by atoms with Crippen molar-refractivity contribution in [3.05, 3.63) is 24.5 Å². The number of carbonyl (C=O) groups is 1. The lowest BCUT2D eigenvalue weighted by molar-refractivity contribution is -0.131. The van der Waals surface area contributed by atoms with Gasteiger partial charge in [0.1, 0.15) is 12.2 Å². The van der Waals surface area contributed by atoms with Crippen LogP contribution in [0.4, 0.5) is 5.82 Å². The maximum Gasteiger partial charge on any atom is 0.236 e. The van der Waals surface area contributed by atoms with Gasteiger partial charge >= 0.3 is 0 Å². The summed E-state index contributed by atoms with van der Waals surface area (Å²) in [5, 5.41) is 13.1. The summed E-state index contributed by atoms with van der Waals surface area (Å²) in [7, 11) is 2.02. The molecule has 7 nitrogen and oxygen atoms in total. The summed E-state index contributed by atoms with van der Waals surface area (Å²) in [6, 6.07) is 5.93. The third-order valence-corrected chi connectivity index (χ3v) is 4.63. The third-order valence-electron chi connectivity index (χ3n) is 4.63. The van der Waals surface area contributed by atoms with Crippen molar-refractivity contribution in [1.82, 2.24) is 19.5 Å². The fourth-order valence-electron chi connectivity index (χ4n) is 3.22. The van der Waals surface area contributed by atoms with E-state index in [1.54, 1.807) is 17.3 Å². The summed E-state index contributed by atoms with van der Waals surface area (Å²) in [4.78, 5) is 20.3. The molecule has 1 aliphatic heterocycles. The molecule has 2 aromatic rings. The number of likely N-dealkylation sites (N-methyl/N-ethyl adjacent to an activating group) is 1. The fourth-order valence-corrected chi connectivity index (χ4v) is 3.22. The molecule has 0 aliphatic carbocycles. The number of carbonyl (C=O) groups excluding carboxylic acids is 1. The number of piperidine rings is 1. The van der Waals surface area contributed by atoms with Crippen LogP contribution in [0.2, 0.25) is 0 Å². The van der Waals surface area contributed by atoms with E-state index in [4.69, 9.17) is 5.26 Å². The molecule has 0 radical (unpaired) electrons. The fraction of sp³-hybridized carbons (Fsp3) is 0.500. The number of fused-ring (bicyclic) bond motifs is 1. The number of aromatic nitrogens is 3. The van der Waals surface area contributed by atoms with E-state index >= 15 is 0 Å². The molecule has 0 bridgehead atoms. The summed E-state index contributed by atoms with van der Waals surface area (Å²) in [6.07, 6.45) is 4.38. The number of anilines is 1. The zero-order valence-corrected chi connectivity index (χ0v) is 13.4. The average molecular weight is 312 g/mol. The molecule has 1 amide bonds. The molecule has 0 saturated carbocycles. The van der Waals surface area contributed by atoms with E-state index in [1.165, 1.54) is 0 Å². The number of hydrogen-bond donors (Lipinski definition) is 0. The topological polar surface area (TPSA) is 77.5 Å². The Morgan fingerprint density at radius 3 is 3.09 bits per heavy atom. The van der Waals surface area contributed by atoms with E-state index in [-0.39, 0.29) is 18.4 Å². The minimum absolute atomic E-state index is 0.0521. The maximum absolute atomic E-state index is 12.0. The van der Waals surface area contributed by atoms with Crippen LogP contribution in [0.25, 0.3) is 5.65 Å². The number of nitrogens with zero attached hydrogens (tertiary/aromatic N) is 6. The molecule has 2 atom stereocenters. The Hall–Kier alpha value is -2.62. The average Bonchev–Trinajstić information content (AvgIpc) is 3.03. The van der Waals surface area contributed by atoms with E-state index in [2.05, 4.69) is 21.9 Å². The van der Waals surface area contributed by atoms with Crippen LogP contribution in [-0.2, 0) is 4.79 Å². The minimum Gasteiger partial charge on any atom is -0.354 e. The highest BCUT2D eigenvalue weighted by atomic mass is 16.2. The Labute approximate surface area is 135 Å². The number of likely N-dealkylation sites (tertiary alicyclic amines) is 1. The Balaban J connectivity index is 1.85. The van der Waals surface area contributed by atoms with Gasteiger partial charge in [0.25, 0.3) is 0 Å². The van der Waals surface area contributed by atoms with Crippen LogP contribution in [0, 0.1) is 17.2 Å². The van der Waals surface area contributed by atoms with E-state index < -0.39 is 0 Å². The second-order valence-corrected chi connectivity index (χ2v) is 6.02. The van der Waals surface area contributed by atoms with Crippen molar-refractivity contribution < 1.29 is 4.79 Å². The largest absolute Gasteiger partial charge is 0.354 e. The van der Waals surface area contributed by atoms with Crippen molar-refractivity contribution in [2.75, 3.05) is 25.0 Å². The smallest absolute Gasteiger partial charge is 0.236 e. The SMILES string of the molecule is C[C@@H]1CCN(C(=O)CC#N)C[C@@H]1N(C)c1ccnc2ccnn12. The molecule has 2 aromatic heterocycles. The van der Waals surface area contributed by atoms with Gasteiger partial charge in [0, 0.05) is 32.4 Å². The molecule has 3 rings (SSSR count). The van der Waals surface area contributed by atoms with Gasteiger partial charge < -0.3 is 9.80 Å². The van der Waals surface area contributed by atoms with Gasteiger partial charge in [0.05, 0.1) is 18.3 Å². The number of amides is 1. The van der Waals surface area contributed by atoms with Gasteiger partial charge in [-0.25, -0.2) is 4.98 Å². The van der Waals surface area contributed by atoms with Crippen LogP contribution in [-0.4, -0.2) is 51.6 Å². The van der Waals surface area contributed by atoms with Gasteiger partial charge in [-0.05, 0) is 18.4 Å². The summed E-state index contributed by atoms with van der Waals surface area (Å²) >= 11 is 0. The molecule has 120 valence electrons. The first-order valence-corrected chi connectivity index (χ1v) is 7.78. The normalized spacial score (nSPS) is 21.2. The van der Waals surface area contributed by atoms with Crippen LogP contribution < -0.4 is 4.90 Å². The van der Waals surface area contributed by atoms with Crippen LogP contribution >= 0.6 is 0 Å². The van der Waals surface area contributed by atoms with Gasteiger partial charge in [-0.15, -0.1) is 0 Å². The lowest BCUT2D eigenvalue weighted by atomic mass is 9.92. The molecule has 23 heavy (non-hydrogen) atoms. The van der Waals surface area contributed by atoms with Gasteiger partial charge in [-0.1, -0.05) is 6.92 Å². The van der Waals surface area contributed by atoms with Crippen LogP contribution in [0.1, 0.15) is 19.8 Å². The first kappa shape index (κ1) is 15.3. The van der Waals surface area contributed by atoms with E-state index in [9.17, 15) is 4.79 Å². The monoisotopic (exact) mass is 312 g/mol. The molecular weight excluding hydrogens is 292 g/mol. The molecule has 0 unspecified atom stereocenters. The predicted octanol–water partition coefficient (Wildman–Crippen LogP) is 1.32. The van der Waals surface area contributed by atoms with Gasteiger partial charge in [-0.2, -0.15) is 14.9 Å². The van der Waals surface area contributed by atoms with E-state index in [0.717, 1.165) is 24.4 Å². The minimum atomic E-state index is -0.0863. The second-order valence-electron chi connectivity index (χ2n) is 6.02. The first-order valence-electron chi connectivity index (χ1n) is 7.78. The van der Waals surface area contributed by atoms with Crippen molar-refractivity contribution in [2.24, 2.45) is 5.92 Å². The molecule has 1 fully saturated rings. The van der Waals surface area contributed by atoms with Gasteiger partial charge in [0.15, 0.2) is 5.65 Å². The van der Waals surface area contributed by atoms with Crippen molar-refractivity contribution >= 4 is 17.4 Å².